The number of hydrogen-bond acceptors (Lipinski definition) is 6. The highest BCUT2D eigenvalue weighted by Gasteiger charge is 2.25. The van der Waals surface area contributed by atoms with E-state index in [2.05, 4.69) is 15.3 Å². The summed E-state index contributed by atoms with van der Waals surface area (Å²) in [6.07, 6.45) is 9.95. The van der Waals surface area contributed by atoms with Crippen LogP contribution in [0.4, 0.5) is 0 Å². The molecule has 7 aromatic rings. The lowest BCUT2D eigenvalue weighted by Gasteiger charge is -2.19. The molecule has 0 saturated heterocycles. The van der Waals surface area contributed by atoms with Crippen LogP contribution in [0.1, 0.15) is 71.8 Å². The number of aromatic nitrogens is 2. The van der Waals surface area contributed by atoms with Gasteiger partial charge in [0, 0.05) is 59.7 Å². The first kappa shape index (κ1) is 31.4. The summed E-state index contributed by atoms with van der Waals surface area (Å²) >= 11 is 0. The number of hydrogen-bond donors (Lipinski definition) is 3. The third-order valence-corrected chi connectivity index (χ3v) is 9.17. The van der Waals surface area contributed by atoms with Crippen LogP contribution in [0.25, 0.3) is 43.1 Å². The third kappa shape index (κ3) is 5.80. The fourth-order valence-corrected chi connectivity index (χ4v) is 6.92. The van der Waals surface area contributed by atoms with Crippen LogP contribution in [0.5, 0.6) is 0 Å². The van der Waals surface area contributed by atoms with Gasteiger partial charge in [-0.2, -0.15) is 0 Å². The monoisotopic (exact) mass is 649 g/mol. The van der Waals surface area contributed by atoms with E-state index in [4.69, 9.17) is 0 Å². The van der Waals surface area contributed by atoms with E-state index in [1.807, 2.05) is 30.5 Å². The number of carbonyl (C=O) groups is 4. The molecular weight excluding hydrogens is 618 g/mol. The van der Waals surface area contributed by atoms with E-state index in [9.17, 15) is 29.4 Å². The standard InChI is InChI=1S/C40H31N3O6/c44-33(8-2-1-5-23-6-3-18-41-21-23)29-13-9-25-28-12-16-32(40(48)49)37-30(38(45)43-20-17-24-7-4-19-42-22-24)14-10-26(35(28)37)27-11-15-31(39(46)47)36(29)34(25)27/h3-4,6-7,9-16,18-19,21-22H,1-2,5,8,17,20H2,(H,43,45)(H,46,47)(H,48,49). The second-order valence-electron chi connectivity index (χ2n) is 12.1. The highest BCUT2D eigenvalue weighted by molar-refractivity contribution is 6.38. The number of carboxylic acids is 2. The van der Waals surface area contributed by atoms with E-state index in [0.29, 0.717) is 68.0 Å². The minimum Gasteiger partial charge on any atom is -0.478 e. The Labute approximate surface area is 280 Å². The summed E-state index contributed by atoms with van der Waals surface area (Å²) < 4.78 is 0. The average Bonchev–Trinajstić information content (AvgIpc) is 3.12. The smallest absolute Gasteiger partial charge is 0.336 e. The average molecular weight is 650 g/mol. The normalized spacial score (nSPS) is 11.4. The Hall–Kier alpha value is -6.22. The number of aromatic carboxylic acids is 2. The van der Waals surface area contributed by atoms with E-state index in [1.165, 1.54) is 12.1 Å². The molecule has 3 N–H and O–H groups in total. The maximum absolute atomic E-state index is 13.7. The Morgan fingerprint density at radius 3 is 1.55 bits per heavy atom. The van der Waals surface area contributed by atoms with Crippen molar-refractivity contribution in [2.24, 2.45) is 0 Å². The number of nitrogens with zero attached hydrogens (tertiary/aromatic N) is 2. The fraction of sp³-hybridized carbons (Fsp3) is 0.150. The van der Waals surface area contributed by atoms with Crippen LogP contribution in [-0.2, 0) is 12.8 Å². The largest absolute Gasteiger partial charge is 0.478 e. The molecule has 9 heteroatoms. The second kappa shape index (κ2) is 13.1. The number of unbranched alkanes of at least 4 members (excludes halogenated alkanes) is 1. The van der Waals surface area contributed by atoms with Gasteiger partial charge >= 0.3 is 11.9 Å². The first-order valence-electron chi connectivity index (χ1n) is 16.1. The Bertz CT molecular complexity index is 2390. The van der Waals surface area contributed by atoms with Crippen molar-refractivity contribution < 1.29 is 29.4 Å². The SMILES string of the molecule is O=C(O)c1ccc2c3ccc(C(=O)NCCc4cccnc4)c4c(C(=O)O)ccc(c5ccc(C(=O)CCCCc6cccnc6)c1c52)c43. The number of aryl methyl sites for hydroxylation is 1. The van der Waals surface area contributed by atoms with Gasteiger partial charge in [-0.1, -0.05) is 42.5 Å². The van der Waals surface area contributed by atoms with Gasteiger partial charge < -0.3 is 15.5 Å². The van der Waals surface area contributed by atoms with Gasteiger partial charge in [-0.3, -0.25) is 19.6 Å². The Morgan fingerprint density at radius 1 is 0.551 bits per heavy atom. The number of amides is 1. The first-order chi connectivity index (χ1) is 23.8. The molecule has 0 fully saturated rings. The lowest BCUT2D eigenvalue weighted by molar-refractivity contribution is 0.0688. The maximum atomic E-state index is 13.7. The number of benzene rings is 5. The zero-order valence-electron chi connectivity index (χ0n) is 26.4. The molecule has 2 aromatic heterocycles. The number of Topliss-reactive ketones (excluding diaryl/α,β-unsaturated/α-hetero) is 1. The molecule has 0 radical (unpaired) electrons. The van der Waals surface area contributed by atoms with Gasteiger partial charge in [0.1, 0.15) is 0 Å². The van der Waals surface area contributed by atoms with Gasteiger partial charge in [0.05, 0.1) is 11.1 Å². The van der Waals surface area contributed by atoms with Crippen LogP contribution in [0, 0.1) is 0 Å². The van der Waals surface area contributed by atoms with E-state index in [0.717, 1.165) is 24.0 Å². The van der Waals surface area contributed by atoms with E-state index in [-0.39, 0.29) is 28.9 Å². The molecule has 7 rings (SSSR count). The van der Waals surface area contributed by atoms with Gasteiger partial charge in [0.15, 0.2) is 5.78 Å². The summed E-state index contributed by atoms with van der Waals surface area (Å²) in [4.78, 5) is 60.6. The van der Waals surface area contributed by atoms with Crippen LogP contribution in [-0.4, -0.2) is 50.4 Å². The van der Waals surface area contributed by atoms with Crippen molar-refractivity contribution in [2.75, 3.05) is 6.54 Å². The lowest BCUT2D eigenvalue weighted by Crippen LogP contribution is -2.26. The molecule has 0 saturated carbocycles. The Morgan fingerprint density at radius 2 is 1.04 bits per heavy atom. The summed E-state index contributed by atoms with van der Waals surface area (Å²) in [5, 5.41) is 28.0. The predicted molar refractivity (Wildman–Crippen MR) is 188 cm³/mol. The molecule has 9 nitrogen and oxygen atoms in total. The molecule has 0 atom stereocenters. The fourth-order valence-electron chi connectivity index (χ4n) is 6.92. The van der Waals surface area contributed by atoms with Crippen molar-refractivity contribution in [3.63, 3.8) is 0 Å². The van der Waals surface area contributed by atoms with Gasteiger partial charge in [-0.25, -0.2) is 9.59 Å². The van der Waals surface area contributed by atoms with Crippen molar-refractivity contribution in [3.05, 3.63) is 131 Å². The van der Waals surface area contributed by atoms with Crippen molar-refractivity contribution in [1.82, 2.24) is 15.3 Å². The summed E-state index contributed by atoms with van der Waals surface area (Å²) in [5.41, 5.74) is 2.62. The molecule has 0 spiro atoms. The molecular formula is C40H31N3O6. The molecule has 1 amide bonds. The van der Waals surface area contributed by atoms with Crippen LogP contribution < -0.4 is 5.32 Å². The summed E-state index contributed by atoms with van der Waals surface area (Å²) in [7, 11) is 0. The number of pyridine rings is 2. The first-order valence-corrected chi connectivity index (χ1v) is 16.1. The molecule has 0 aliphatic carbocycles. The van der Waals surface area contributed by atoms with Gasteiger partial charge in [0.2, 0.25) is 0 Å². The van der Waals surface area contributed by atoms with Gasteiger partial charge in [-0.05, 0) is 99.5 Å². The predicted octanol–water partition coefficient (Wildman–Crippen LogP) is 7.49. The maximum Gasteiger partial charge on any atom is 0.336 e. The lowest BCUT2D eigenvalue weighted by atomic mass is 9.83. The number of ketones is 1. The van der Waals surface area contributed by atoms with E-state index < -0.39 is 17.8 Å². The minimum atomic E-state index is -1.17. The summed E-state index contributed by atoms with van der Waals surface area (Å²) in [5.74, 6) is -2.87. The number of fused-ring (bicyclic) bond motifs is 2. The number of carboxylic acid groups (broad SMARTS) is 2. The third-order valence-electron chi connectivity index (χ3n) is 9.17. The molecule has 0 bridgehead atoms. The quantitative estimate of drug-likeness (QED) is 0.0534. The summed E-state index contributed by atoms with van der Waals surface area (Å²) in [6, 6.07) is 20.9. The zero-order valence-corrected chi connectivity index (χ0v) is 26.4. The van der Waals surface area contributed by atoms with Crippen LogP contribution in [0.15, 0.2) is 97.6 Å². The van der Waals surface area contributed by atoms with Crippen molar-refractivity contribution in [3.8, 4) is 0 Å². The Balaban J connectivity index is 1.33. The minimum absolute atomic E-state index is 0.0158. The summed E-state index contributed by atoms with van der Waals surface area (Å²) in [6.45, 7) is 0.330. The van der Waals surface area contributed by atoms with Gasteiger partial charge in [0.25, 0.3) is 5.91 Å². The van der Waals surface area contributed by atoms with E-state index >= 15 is 0 Å². The molecule has 2 heterocycles. The van der Waals surface area contributed by atoms with Gasteiger partial charge in [-0.15, -0.1) is 0 Å². The van der Waals surface area contributed by atoms with Crippen molar-refractivity contribution >= 4 is 66.7 Å². The number of nitrogens with one attached hydrogen (secondary N) is 1. The number of carbonyl (C=O) groups excluding carboxylic acids is 2. The van der Waals surface area contributed by atoms with Crippen molar-refractivity contribution in [1.29, 1.82) is 0 Å². The molecule has 242 valence electrons. The second-order valence-corrected chi connectivity index (χ2v) is 12.1. The Kier molecular flexibility index (Phi) is 8.40. The van der Waals surface area contributed by atoms with E-state index in [1.54, 1.807) is 55.0 Å². The van der Waals surface area contributed by atoms with Crippen molar-refractivity contribution in [2.45, 2.75) is 32.1 Å². The highest BCUT2D eigenvalue weighted by atomic mass is 16.4. The molecule has 49 heavy (non-hydrogen) atoms. The number of rotatable bonds is 12. The topological polar surface area (TPSA) is 147 Å². The molecule has 0 unspecified atom stereocenters. The van der Waals surface area contributed by atoms with Crippen LogP contribution in [0.2, 0.25) is 0 Å². The molecule has 0 aliphatic rings. The molecule has 0 aliphatic heterocycles. The molecule has 5 aromatic carbocycles. The van der Waals surface area contributed by atoms with Crippen LogP contribution >= 0.6 is 0 Å². The zero-order chi connectivity index (χ0) is 34.1. The van der Waals surface area contributed by atoms with Crippen LogP contribution in [0.3, 0.4) is 0 Å². The highest BCUT2D eigenvalue weighted by Crippen LogP contribution is 2.44.